The Labute approximate surface area is 114 Å². The minimum absolute atomic E-state index is 0.0167. The average Bonchev–Trinajstić information content (AvgIpc) is 2.46. The normalized spacial score (nSPS) is 14.9. The van der Waals surface area contributed by atoms with Crippen LogP contribution < -0.4 is 9.47 Å². The Hall–Kier alpha value is -2.14. The molecule has 0 spiro atoms. The van der Waals surface area contributed by atoms with E-state index in [0.29, 0.717) is 30.3 Å². The van der Waals surface area contributed by atoms with Crippen LogP contribution in [-0.2, 0) is 0 Å². The first-order valence-electron chi connectivity index (χ1n) is 6.18. The molecule has 1 heterocycles. The molecule has 1 atom stereocenters. The van der Waals surface area contributed by atoms with E-state index < -0.39 is 17.7 Å². The molecule has 0 bridgehead atoms. The maximum Gasteiger partial charge on any atom is 0.161 e. The highest BCUT2D eigenvalue weighted by Gasteiger charge is 2.19. The lowest BCUT2D eigenvalue weighted by atomic mass is 10.0. The molecular formula is C15H12F2O3. The Morgan fingerprint density at radius 2 is 1.70 bits per heavy atom. The van der Waals surface area contributed by atoms with Crippen molar-refractivity contribution in [3.8, 4) is 11.5 Å². The van der Waals surface area contributed by atoms with Crippen LogP contribution in [0.2, 0.25) is 0 Å². The van der Waals surface area contributed by atoms with E-state index in [1.807, 2.05) is 0 Å². The molecule has 1 N–H and O–H groups in total. The van der Waals surface area contributed by atoms with Crippen molar-refractivity contribution in [3.05, 3.63) is 59.2 Å². The van der Waals surface area contributed by atoms with Gasteiger partial charge in [-0.05, 0) is 23.8 Å². The van der Waals surface area contributed by atoms with Gasteiger partial charge in [0.2, 0.25) is 0 Å². The highest BCUT2D eigenvalue weighted by atomic mass is 19.1. The van der Waals surface area contributed by atoms with Crippen molar-refractivity contribution in [2.75, 3.05) is 13.2 Å². The van der Waals surface area contributed by atoms with Gasteiger partial charge in [-0.2, -0.15) is 0 Å². The monoisotopic (exact) mass is 278 g/mol. The van der Waals surface area contributed by atoms with Gasteiger partial charge in [0, 0.05) is 11.6 Å². The summed E-state index contributed by atoms with van der Waals surface area (Å²) >= 11 is 0. The summed E-state index contributed by atoms with van der Waals surface area (Å²) < 4.78 is 37.3. The number of hydrogen-bond donors (Lipinski definition) is 1. The fourth-order valence-corrected chi connectivity index (χ4v) is 2.13. The van der Waals surface area contributed by atoms with Gasteiger partial charge in [-0.3, -0.25) is 0 Å². The molecule has 2 aromatic rings. The molecule has 1 unspecified atom stereocenters. The maximum absolute atomic E-state index is 13.7. The second-order valence-electron chi connectivity index (χ2n) is 4.47. The molecule has 104 valence electrons. The maximum atomic E-state index is 13.7. The number of benzene rings is 2. The lowest BCUT2D eigenvalue weighted by Crippen LogP contribution is -2.15. The summed E-state index contributed by atoms with van der Waals surface area (Å²) in [7, 11) is 0. The van der Waals surface area contributed by atoms with Crippen molar-refractivity contribution in [1.29, 1.82) is 0 Å². The van der Waals surface area contributed by atoms with Crippen LogP contribution in [-0.4, -0.2) is 18.3 Å². The molecule has 0 fully saturated rings. The molecule has 1 aliphatic heterocycles. The number of aliphatic hydroxyl groups is 1. The van der Waals surface area contributed by atoms with Crippen LogP contribution in [0.4, 0.5) is 8.78 Å². The van der Waals surface area contributed by atoms with Crippen molar-refractivity contribution in [2.24, 2.45) is 0 Å². The van der Waals surface area contributed by atoms with E-state index in [2.05, 4.69) is 0 Å². The summed E-state index contributed by atoms with van der Waals surface area (Å²) in [5.74, 6) is -0.366. The summed E-state index contributed by atoms with van der Waals surface area (Å²) in [6.07, 6.45) is -1.19. The molecule has 0 amide bonds. The van der Waals surface area contributed by atoms with E-state index in [9.17, 15) is 13.9 Å². The third-order valence-corrected chi connectivity index (χ3v) is 3.14. The highest BCUT2D eigenvalue weighted by molar-refractivity contribution is 5.46. The van der Waals surface area contributed by atoms with Gasteiger partial charge in [-0.1, -0.05) is 12.1 Å². The Bertz CT molecular complexity index is 643. The fourth-order valence-electron chi connectivity index (χ4n) is 2.13. The van der Waals surface area contributed by atoms with E-state index >= 15 is 0 Å². The Kier molecular flexibility index (Phi) is 3.28. The third kappa shape index (κ3) is 2.32. The van der Waals surface area contributed by atoms with Crippen LogP contribution in [0.15, 0.2) is 36.4 Å². The van der Waals surface area contributed by atoms with Crippen molar-refractivity contribution >= 4 is 0 Å². The Morgan fingerprint density at radius 3 is 2.45 bits per heavy atom. The first-order valence-corrected chi connectivity index (χ1v) is 6.18. The predicted molar refractivity (Wildman–Crippen MR) is 67.9 cm³/mol. The zero-order valence-electron chi connectivity index (χ0n) is 10.5. The lowest BCUT2D eigenvalue weighted by Gasteiger charge is -2.20. The van der Waals surface area contributed by atoms with Gasteiger partial charge in [0.05, 0.1) is 0 Å². The molecule has 0 saturated heterocycles. The smallest absolute Gasteiger partial charge is 0.161 e. The Balaban J connectivity index is 1.95. The number of fused-ring (bicyclic) bond motifs is 1. The number of halogens is 2. The molecular weight excluding hydrogens is 266 g/mol. The van der Waals surface area contributed by atoms with Crippen molar-refractivity contribution in [2.45, 2.75) is 6.10 Å². The summed E-state index contributed by atoms with van der Waals surface area (Å²) in [5.41, 5.74) is 0.475. The highest BCUT2D eigenvalue weighted by Crippen LogP contribution is 2.34. The van der Waals surface area contributed by atoms with Gasteiger partial charge in [0.1, 0.15) is 31.0 Å². The lowest BCUT2D eigenvalue weighted by molar-refractivity contribution is 0.169. The molecule has 0 aromatic heterocycles. The molecule has 5 heteroatoms. The van der Waals surface area contributed by atoms with E-state index in [4.69, 9.17) is 9.47 Å². The summed E-state index contributed by atoms with van der Waals surface area (Å²) in [6.45, 7) is 0.902. The van der Waals surface area contributed by atoms with Crippen molar-refractivity contribution in [1.82, 2.24) is 0 Å². The van der Waals surface area contributed by atoms with E-state index in [-0.39, 0.29) is 5.56 Å². The molecule has 1 aliphatic rings. The quantitative estimate of drug-likeness (QED) is 0.918. The molecule has 0 aliphatic carbocycles. The zero-order valence-corrected chi connectivity index (χ0v) is 10.5. The Morgan fingerprint density at radius 1 is 0.950 bits per heavy atom. The number of rotatable bonds is 2. The summed E-state index contributed by atoms with van der Waals surface area (Å²) in [4.78, 5) is 0. The minimum Gasteiger partial charge on any atom is -0.486 e. The second-order valence-corrected chi connectivity index (χ2v) is 4.47. The fraction of sp³-hybridized carbons (Fsp3) is 0.200. The zero-order chi connectivity index (χ0) is 14.1. The largest absolute Gasteiger partial charge is 0.486 e. The van der Waals surface area contributed by atoms with Gasteiger partial charge in [-0.15, -0.1) is 0 Å². The first-order chi connectivity index (χ1) is 9.65. The summed E-state index contributed by atoms with van der Waals surface area (Å²) in [6, 6.07) is 7.97. The standard InChI is InChI=1S/C15H12F2O3/c16-10-2-3-11(12(17)8-10)15(18)9-1-4-13-14(7-9)20-6-5-19-13/h1-4,7-8,15,18H,5-6H2. The predicted octanol–water partition coefficient (Wildman–Crippen LogP) is 2.82. The third-order valence-electron chi connectivity index (χ3n) is 3.14. The van der Waals surface area contributed by atoms with E-state index in [1.54, 1.807) is 18.2 Å². The average molecular weight is 278 g/mol. The SMILES string of the molecule is OC(c1ccc2c(c1)OCCO2)c1ccc(F)cc1F. The molecule has 2 aromatic carbocycles. The molecule has 3 nitrogen and oxygen atoms in total. The van der Waals surface area contributed by atoms with Crippen LogP contribution in [0.1, 0.15) is 17.2 Å². The first kappa shape index (κ1) is 12.9. The van der Waals surface area contributed by atoms with Crippen LogP contribution in [0.25, 0.3) is 0 Å². The molecule has 0 radical (unpaired) electrons. The van der Waals surface area contributed by atoms with Crippen LogP contribution in [0.5, 0.6) is 11.5 Å². The molecule has 0 saturated carbocycles. The minimum atomic E-state index is -1.19. The van der Waals surface area contributed by atoms with Crippen molar-refractivity contribution < 1.29 is 23.4 Å². The molecule has 20 heavy (non-hydrogen) atoms. The van der Waals surface area contributed by atoms with Gasteiger partial charge in [0.25, 0.3) is 0 Å². The number of aliphatic hydroxyl groups excluding tert-OH is 1. The number of hydrogen-bond acceptors (Lipinski definition) is 3. The van der Waals surface area contributed by atoms with Gasteiger partial charge in [0.15, 0.2) is 11.5 Å². The van der Waals surface area contributed by atoms with Crippen molar-refractivity contribution in [3.63, 3.8) is 0 Å². The van der Waals surface area contributed by atoms with Gasteiger partial charge < -0.3 is 14.6 Å². The van der Waals surface area contributed by atoms with Crippen LogP contribution >= 0.6 is 0 Å². The second kappa shape index (κ2) is 5.09. The number of ether oxygens (including phenoxy) is 2. The van der Waals surface area contributed by atoms with Crippen LogP contribution in [0.3, 0.4) is 0 Å². The topological polar surface area (TPSA) is 38.7 Å². The summed E-state index contributed by atoms with van der Waals surface area (Å²) in [5, 5.41) is 10.2. The molecule has 3 rings (SSSR count). The van der Waals surface area contributed by atoms with E-state index in [0.717, 1.165) is 12.1 Å². The van der Waals surface area contributed by atoms with Gasteiger partial charge in [-0.25, -0.2) is 8.78 Å². The van der Waals surface area contributed by atoms with Crippen LogP contribution in [0, 0.1) is 11.6 Å². The van der Waals surface area contributed by atoms with Gasteiger partial charge >= 0.3 is 0 Å². The van der Waals surface area contributed by atoms with E-state index in [1.165, 1.54) is 6.07 Å².